The van der Waals surface area contributed by atoms with Gasteiger partial charge in [0, 0.05) is 19.0 Å². The van der Waals surface area contributed by atoms with Crippen molar-refractivity contribution in [3.05, 3.63) is 0 Å². The molecular weight excluding hydrogens is 242 g/mol. The molecule has 1 amide bonds. The van der Waals surface area contributed by atoms with Gasteiger partial charge in [-0.05, 0) is 32.1 Å². The molecule has 0 atom stereocenters. The van der Waals surface area contributed by atoms with Crippen molar-refractivity contribution < 1.29 is 14.7 Å². The summed E-state index contributed by atoms with van der Waals surface area (Å²) in [6.45, 7) is 3.28. The summed E-state index contributed by atoms with van der Waals surface area (Å²) < 4.78 is 0. The molecule has 0 bridgehead atoms. The molecule has 4 nitrogen and oxygen atoms in total. The molecule has 2 fully saturated rings. The van der Waals surface area contributed by atoms with Gasteiger partial charge in [0.1, 0.15) is 0 Å². The molecule has 1 saturated heterocycles. The summed E-state index contributed by atoms with van der Waals surface area (Å²) in [5, 5.41) is 9.45. The van der Waals surface area contributed by atoms with Gasteiger partial charge in [-0.25, -0.2) is 0 Å². The highest BCUT2D eigenvalue weighted by atomic mass is 16.4. The van der Waals surface area contributed by atoms with E-state index in [-0.39, 0.29) is 11.8 Å². The number of carboxylic acid groups (broad SMARTS) is 1. The number of carbonyl (C=O) groups excluding carboxylic acids is 1. The molecule has 108 valence electrons. The Labute approximate surface area is 115 Å². The number of carboxylic acids is 1. The number of aliphatic carboxylic acids is 1. The second-order valence-corrected chi connectivity index (χ2v) is 6.14. The SMILES string of the molecule is CCCC1(C(=O)O)CCN(C(=O)C2CCCC2)CC1. The molecule has 1 saturated carbocycles. The Kier molecular flexibility index (Phi) is 4.48. The van der Waals surface area contributed by atoms with Gasteiger partial charge in [0.05, 0.1) is 5.41 Å². The van der Waals surface area contributed by atoms with Crippen LogP contribution in [0.4, 0.5) is 0 Å². The molecule has 19 heavy (non-hydrogen) atoms. The number of amides is 1. The summed E-state index contributed by atoms with van der Waals surface area (Å²) in [6, 6.07) is 0. The lowest BCUT2D eigenvalue weighted by atomic mass is 9.75. The summed E-state index contributed by atoms with van der Waals surface area (Å²) in [4.78, 5) is 25.7. The third-order valence-electron chi connectivity index (χ3n) is 4.92. The van der Waals surface area contributed by atoms with Crippen molar-refractivity contribution in [2.75, 3.05) is 13.1 Å². The van der Waals surface area contributed by atoms with E-state index in [4.69, 9.17) is 0 Å². The molecule has 0 unspecified atom stereocenters. The molecule has 0 radical (unpaired) electrons. The summed E-state index contributed by atoms with van der Waals surface area (Å²) in [7, 11) is 0. The lowest BCUT2D eigenvalue weighted by molar-refractivity contribution is -0.155. The molecule has 4 heteroatoms. The van der Waals surface area contributed by atoms with Gasteiger partial charge in [-0.1, -0.05) is 26.2 Å². The van der Waals surface area contributed by atoms with E-state index in [1.807, 2.05) is 11.8 Å². The molecule has 0 spiro atoms. The van der Waals surface area contributed by atoms with E-state index >= 15 is 0 Å². The normalized spacial score (nSPS) is 23.5. The van der Waals surface area contributed by atoms with Crippen LogP contribution in [-0.4, -0.2) is 35.0 Å². The number of rotatable bonds is 4. The molecule has 1 N–H and O–H groups in total. The minimum Gasteiger partial charge on any atom is -0.481 e. The van der Waals surface area contributed by atoms with Crippen LogP contribution in [0.25, 0.3) is 0 Å². The number of piperidine rings is 1. The highest BCUT2D eigenvalue weighted by molar-refractivity contribution is 5.80. The second-order valence-electron chi connectivity index (χ2n) is 6.14. The van der Waals surface area contributed by atoms with Crippen LogP contribution in [0.1, 0.15) is 58.3 Å². The summed E-state index contributed by atoms with van der Waals surface area (Å²) in [6.07, 6.45) is 7.24. The number of hydrogen-bond acceptors (Lipinski definition) is 2. The Morgan fingerprint density at radius 1 is 1.21 bits per heavy atom. The molecule has 0 aromatic carbocycles. The van der Waals surface area contributed by atoms with Gasteiger partial charge in [0.25, 0.3) is 0 Å². The minimum atomic E-state index is -0.678. The zero-order valence-electron chi connectivity index (χ0n) is 11.9. The Balaban J connectivity index is 1.93. The van der Waals surface area contributed by atoms with Gasteiger partial charge in [-0.15, -0.1) is 0 Å². The lowest BCUT2D eigenvalue weighted by Gasteiger charge is -2.39. The molecule has 1 heterocycles. The van der Waals surface area contributed by atoms with Crippen molar-refractivity contribution in [2.45, 2.75) is 58.3 Å². The quantitative estimate of drug-likeness (QED) is 0.852. The maximum absolute atomic E-state index is 12.3. The zero-order valence-corrected chi connectivity index (χ0v) is 11.9. The Morgan fingerprint density at radius 3 is 2.26 bits per heavy atom. The third kappa shape index (κ3) is 2.93. The summed E-state index contributed by atoms with van der Waals surface area (Å²) in [5.41, 5.74) is -0.582. The number of nitrogens with zero attached hydrogens (tertiary/aromatic N) is 1. The predicted octanol–water partition coefficient (Wildman–Crippen LogP) is 2.67. The van der Waals surface area contributed by atoms with E-state index in [9.17, 15) is 14.7 Å². The van der Waals surface area contributed by atoms with Crippen LogP contribution in [0.15, 0.2) is 0 Å². The monoisotopic (exact) mass is 267 g/mol. The summed E-state index contributed by atoms with van der Waals surface area (Å²) in [5.74, 6) is -0.196. The maximum Gasteiger partial charge on any atom is 0.309 e. The van der Waals surface area contributed by atoms with E-state index in [1.54, 1.807) is 0 Å². The molecule has 0 aromatic heterocycles. The number of hydrogen-bond donors (Lipinski definition) is 1. The van der Waals surface area contributed by atoms with Crippen molar-refractivity contribution in [1.82, 2.24) is 4.90 Å². The van der Waals surface area contributed by atoms with E-state index in [1.165, 1.54) is 12.8 Å². The number of likely N-dealkylation sites (tertiary alicyclic amines) is 1. The first-order valence-electron chi connectivity index (χ1n) is 7.61. The van der Waals surface area contributed by atoms with Gasteiger partial charge >= 0.3 is 5.97 Å². The van der Waals surface area contributed by atoms with Gasteiger partial charge in [0.15, 0.2) is 0 Å². The molecule has 1 aliphatic heterocycles. The van der Waals surface area contributed by atoms with Crippen LogP contribution in [0, 0.1) is 11.3 Å². The third-order valence-corrected chi connectivity index (χ3v) is 4.92. The fraction of sp³-hybridized carbons (Fsp3) is 0.867. The summed E-state index contributed by atoms with van der Waals surface area (Å²) >= 11 is 0. The first-order valence-corrected chi connectivity index (χ1v) is 7.61. The van der Waals surface area contributed by atoms with Crippen molar-refractivity contribution >= 4 is 11.9 Å². The van der Waals surface area contributed by atoms with Crippen LogP contribution in [-0.2, 0) is 9.59 Å². The van der Waals surface area contributed by atoms with Crippen molar-refractivity contribution in [1.29, 1.82) is 0 Å². The van der Waals surface area contributed by atoms with Crippen LogP contribution in [0.3, 0.4) is 0 Å². The Morgan fingerprint density at radius 2 is 1.79 bits per heavy atom. The molecule has 1 aliphatic carbocycles. The largest absolute Gasteiger partial charge is 0.481 e. The second kappa shape index (κ2) is 5.93. The van der Waals surface area contributed by atoms with E-state index in [0.717, 1.165) is 25.7 Å². The van der Waals surface area contributed by atoms with E-state index in [2.05, 4.69) is 0 Å². The van der Waals surface area contributed by atoms with Gasteiger partial charge in [-0.3, -0.25) is 9.59 Å². The Bertz CT molecular complexity index is 339. The van der Waals surface area contributed by atoms with Crippen LogP contribution >= 0.6 is 0 Å². The lowest BCUT2D eigenvalue weighted by Crippen LogP contribution is -2.47. The zero-order chi connectivity index (χ0) is 13.9. The van der Waals surface area contributed by atoms with E-state index in [0.29, 0.717) is 25.9 Å². The minimum absolute atomic E-state index is 0.212. The average Bonchev–Trinajstić information content (AvgIpc) is 2.93. The smallest absolute Gasteiger partial charge is 0.309 e. The number of carbonyl (C=O) groups is 2. The van der Waals surface area contributed by atoms with E-state index < -0.39 is 11.4 Å². The maximum atomic E-state index is 12.3. The van der Waals surface area contributed by atoms with Crippen LogP contribution in [0.2, 0.25) is 0 Å². The fourth-order valence-corrected chi connectivity index (χ4v) is 3.64. The standard InChI is InChI=1S/C15H25NO3/c1-2-7-15(14(18)19)8-10-16(11-9-15)13(17)12-5-3-4-6-12/h12H,2-11H2,1H3,(H,18,19). The topological polar surface area (TPSA) is 57.6 Å². The molecule has 2 rings (SSSR count). The van der Waals surface area contributed by atoms with Gasteiger partial charge < -0.3 is 10.0 Å². The van der Waals surface area contributed by atoms with Crippen molar-refractivity contribution in [3.8, 4) is 0 Å². The molecule has 0 aromatic rings. The van der Waals surface area contributed by atoms with Crippen LogP contribution < -0.4 is 0 Å². The fourth-order valence-electron chi connectivity index (χ4n) is 3.64. The predicted molar refractivity (Wildman–Crippen MR) is 72.7 cm³/mol. The van der Waals surface area contributed by atoms with Gasteiger partial charge in [0.2, 0.25) is 5.91 Å². The first-order chi connectivity index (χ1) is 9.09. The average molecular weight is 267 g/mol. The van der Waals surface area contributed by atoms with Gasteiger partial charge in [-0.2, -0.15) is 0 Å². The van der Waals surface area contributed by atoms with Crippen LogP contribution in [0.5, 0.6) is 0 Å². The highest BCUT2D eigenvalue weighted by Crippen LogP contribution is 2.37. The highest BCUT2D eigenvalue weighted by Gasteiger charge is 2.42. The van der Waals surface area contributed by atoms with Crippen molar-refractivity contribution in [2.24, 2.45) is 11.3 Å². The Hall–Kier alpha value is -1.06. The first kappa shape index (κ1) is 14.4. The van der Waals surface area contributed by atoms with Crippen molar-refractivity contribution in [3.63, 3.8) is 0 Å². The molecule has 2 aliphatic rings. The molecular formula is C15H25NO3.